The molecule has 8 N–H and O–H groups in total. The zero-order valence-electron chi connectivity index (χ0n) is 15.5. The largest absolute Gasteiger partial charge is 0.481 e. The van der Waals surface area contributed by atoms with E-state index < -0.39 is 41.9 Å². The Bertz CT molecular complexity index is 505. The molecule has 156 valence electrons. The number of carbonyl (C=O) groups is 4. The average Bonchev–Trinajstić information content (AvgIpc) is 2.61. The van der Waals surface area contributed by atoms with E-state index in [0.29, 0.717) is 31.6 Å². The molecule has 0 aliphatic heterocycles. The van der Waals surface area contributed by atoms with Gasteiger partial charge in [0.1, 0.15) is 12.1 Å². The zero-order valence-corrected chi connectivity index (χ0v) is 16.3. The molecule has 0 aromatic carbocycles. The first-order chi connectivity index (χ1) is 12.7. The van der Waals surface area contributed by atoms with Crippen molar-refractivity contribution >= 4 is 35.5 Å². The minimum atomic E-state index is -1.20. The van der Waals surface area contributed by atoms with E-state index in [9.17, 15) is 24.3 Å². The number of hydrogen-bond donors (Lipinski definition) is 6. The summed E-state index contributed by atoms with van der Waals surface area (Å²) >= 11 is 1.43. The average molecular weight is 407 g/mol. The second-order valence-corrected chi connectivity index (χ2v) is 7.05. The lowest BCUT2D eigenvalue weighted by Crippen LogP contribution is -2.54. The number of hydrogen-bond acceptors (Lipinski definition) is 7. The predicted molar refractivity (Wildman–Crippen MR) is 102 cm³/mol. The van der Waals surface area contributed by atoms with Crippen molar-refractivity contribution in [3.05, 3.63) is 0 Å². The van der Waals surface area contributed by atoms with E-state index in [-0.39, 0.29) is 19.3 Å². The summed E-state index contributed by atoms with van der Waals surface area (Å²) in [6.07, 6.45) is 3.22. The molecule has 11 heteroatoms. The summed E-state index contributed by atoms with van der Waals surface area (Å²) in [4.78, 5) is 46.7. The fraction of sp³-hybridized carbons (Fsp3) is 0.750. The number of aliphatic carboxylic acids is 2. The monoisotopic (exact) mass is 406 g/mol. The van der Waals surface area contributed by atoms with Gasteiger partial charge in [0, 0.05) is 6.42 Å². The molecule has 3 atom stereocenters. The highest BCUT2D eigenvalue weighted by Crippen LogP contribution is 2.05. The highest BCUT2D eigenvalue weighted by molar-refractivity contribution is 7.98. The van der Waals surface area contributed by atoms with Gasteiger partial charge in [-0.3, -0.25) is 14.4 Å². The molecule has 10 nitrogen and oxygen atoms in total. The van der Waals surface area contributed by atoms with Crippen LogP contribution in [-0.2, 0) is 19.2 Å². The summed E-state index contributed by atoms with van der Waals surface area (Å²) in [7, 11) is 0. The Morgan fingerprint density at radius 1 is 0.963 bits per heavy atom. The van der Waals surface area contributed by atoms with Crippen molar-refractivity contribution in [3.8, 4) is 0 Å². The molecular weight excluding hydrogens is 376 g/mol. The van der Waals surface area contributed by atoms with Gasteiger partial charge in [-0.25, -0.2) is 4.79 Å². The lowest BCUT2D eigenvalue weighted by molar-refractivity contribution is -0.143. The van der Waals surface area contributed by atoms with Crippen LogP contribution < -0.4 is 22.1 Å². The van der Waals surface area contributed by atoms with Gasteiger partial charge in [-0.15, -0.1) is 0 Å². The van der Waals surface area contributed by atoms with Crippen molar-refractivity contribution < 1.29 is 29.4 Å². The van der Waals surface area contributed by atoms with Gasteiger partial charge < -0.3 is 32.3 Å². The standard InChI is InChI=1S/C16H30N4O6S/c1-27-9-7-12(16(25)26)20-15(24)11(5-6-13(21)22)19-14(23)10(18)4-2-3-8-17/h10-12H,2-9,17-18H2,1H3,(H,19,23)(H,20,24)(H,21,22)(H,25,26)/t10-,11-,12-/m0/s1. The molecule has 2 amide bonds. The first kappa shape index (κ1) is 25.1. The lowest BCUT2D eigenvalue weighted by atomic mass is 10.1. The summed E-state index contributed by atoms with van der Waals surface area (Å²) < 4.78 is 0. The van der Waals surface area contributed by atoms with Crippen LogP contribution in [0, 0.1) is 0 Å². The Balaban J connectivity index is 4.94. The second-order valence-electron chi connectivity index (χ2n) is 6.07. The first-order valence-electron chi connectivity index (χ1n) is 8.72. The van der Waals surface area contributed by atoms with Gasteiger partial charge in [-0.2, -0.15) is 11.8 Å². The van der Waals surface area contributed by atoms with E-state index in [2.05, 4.69) is 10.6 Å². The molecule has 0 aliphatic carbocycles. The third-order valence-corrected chi connectivity index (χ3v) is 4.46. The van der Waals surface area contributed by atoms with Gasteiger partial charge in [0.25, 0.3) is 0 Å². The number of carboxylic acids is 2. The summed E-state index contributed by atoms with van der Waals surface area (Å²) in [6, 6.07) is -3.15. The smallest absolute Gasteiger partial charge is 0.326 e. The van der Waals surface area contributed by atoms with Crippen LogP contribution in [0.3, 0.4) is 0 Å². The molecule has 0 fully saturated rings. The molecule has 0 aromatic rings. The summed E-state index contributed by atoms with van der Waals surface area (Å²) in [5.74, 6) is -3.14. The molecule has 0 bridgehead atoms. The topological polar surface area (TPSA) is 185 Å². The maximum Gasteiger partial charge on any atom is 0.326 e. The molecular formula is C16H30N4O6S. The highest BCUT2D eigenvalue weighted by Gasteiger charge is 2.28. The molecule has 0 aromatic heterocycles. The Morgan fingerprint density at radius 2 is 1.59 bits per heavy atom. The second kappa shape index (κ2) is 14.2. The molecule has 0 spiro atoms. The van der Waals surface area contributed by atoms with E-state index in [1.165, 1.54) is 11.8 Å². The van der Waals surface area contributed by atoms with Gasteiger partial charge in [0.2, 0.25) is 11.8 Å². The molecule has 27 heavy (non-hydrogen) atoms. The molecule has 0 unspecified atom stereocenters. The highest BCUT2D eigenvalue weighted by atomic mass is 32.2. The predicted octanol–water partition coefficient (Wildman–Crippen LogP) is -0.885. The van der Waals surface area contributed by atoms with Crippen LogP contribution in [0.15, 0.2) is 0 Å². The Hall–Kier alpha value is -1.85. The van der Waals surface area contributed by atoms with E-state index in [1.54, 1.807) is 0 Å². The molecule has 0 aliphatic rings. The molecule has 0 heterocycles. The van der Waals surface area contributed by atoms with Crippen molar-refractivity contribution in [3.63, 3.8) is 0 Å². The van der Waals surface area contributed by atoms with Gasteiger partial charge in [0.05, 0.1) is 6.04 Å². The van der Waals surface area contributed by atoms with Crippen LogP contribution in [0.1, 0.15) is 38.5 Å². The van der Waals surface area contributed by atoms with Crippen LogP contribution in [0.4, 0.5) is 0 Å². The van der Waals surface area contributed by atoms with Crippen molar-refractivity contribution in [2.75, 3.05) is 18.6 Å². The van der Waals surface area contributed by atoms with E-state index >= 15 is 0 Å². The first-order valence-corrected chi connectivity index (χ1v) is 10.1. The van der Waals surface area contributed by atoms with Gasteiger partial charge >= 0.3 is 11.9 Å². The quantitative estimate of drug-likeness (QED) is 0.188. The Kier molecular flexibility index (Phi) is 13.3. The van der Waals surface area contributed by atoms with Crippen LogP contribution in [0.2, 0.25) is 0 Å². The number of thioether (sulfide) groups is 1. The van der Waals surface area contributed by atoms with Crippen molar-refractivity contribution in [1.82, 2.24) is 10.6 Å². The third kappa shape index (κ3) is 11.5. The van der Waals surface area contributed by atoms with Crippen molar-refractivity contribution in [2.24, 2.45) is 11.5 Å². The summed E-state index contributed by atoms with van der Waals surface area (Å²) in [5, 5.41) is 22.8. The van der Waals surface area contributed by atoms with Crippen molar-refractivity contribution in [2.45, 2.75) is 56.7 Å². The number of nitrogens with one attached hydrogen (secondary N) is 2. The third-order valence-electron chi connectivity index (χ3n) is 3.81. The minimum absolute atomic E-state index is 0.169. The molecule has 0 radical (unpaired) electrons. The number of nitrogens with two attached hydrogens (primary N) is 2. The van der Waals surface area contributed by atoms with E-state index in [4.69, 9.17) is 16.6 Å². The van der Waals surface area contributed by atoms with Gasteiger partial charge in [0.15, 0.2) is 0 Å². The fourth-order valence-electron chi connectivity index (χ4n) is 2.22. The molecule has 0 rings (SSSR count). The van der Waals surface area contributed by atoms with Crippen LogP contribution in [0.25, 0.3) is 0 Å². The van der Waals surface area contributed by atoms with E-state index in [0.717, 1.165) is 0 Å². The van der Waals surface area contributed by atoms with Crippen molar-refractivity contribution in [1.29, 1.82) is 0 Å². The number of carbonyl (C=O) groups excluding carboxylic acids is 2. The maximum absolute atomic E-state index is 12.4. The number of unbranched alkanes of at least 4 members (excludes halogenated alkanes) is 1. The lowest BCUT2D eigenvalue weighted by Gasteiger charge is -2.22. The number of rotatable bonds is 15. The summed E-state index contributed by atoms with van der Waals surface area (Å²) in [5.41, 5.74) is 11.2. The SMILES string of the molecule is CSCC[C@H](NC(=O)[C@H](CCC(=O)O)NC(=O)[C@@H](N)CCCCN)C(=O)O. The van der Waals surface area contributed by atoms with Crippen LogP contribution in [0.5, 0.6) is 0 Å². The minimum Gasteiger partial charge on any atom is -0.481 e. The fourth-order valence-corrected chi connectivity index (χ4v) is 2.69. The Morgan fingerprint density at radius 3 is 2.11 bits per heavy atom. The number of carboxylic acid groups (broad SMARTS) is 2. The van der Waals surface area contributed by atoms with Gasteiger partial charge in [-0.05, 0) is 44.2 Å². The normalized spacial score (nSPS) is 14.0. The Labute approximate surface area is 162 Å². The maximum atomic E-state index is 12.4. The molecule has 0 saturated carbocycles. The molecule has 0 saturated heterocycles. The van der Waals surface area contributed by atoms with E-state index in [1.807, 2.05) is 6.26 Å². The van der Waals surface area contributed by atoms with Crippen LogP contribution in [-0.4, -0.2) is 70.6 Å². The van der Waals surface area contributed by atoms with Gasteiger partial charge in [-0.1, -0.05) is 6.42 Å². The number of amides is 2. The van der Waals surface area contributed by atoms with Crippen LogP contribution >= 0.6 is 11.8 Å². The summed E-state index contributed by atoms with van der Waals surface area (Å²) in [6.45, 7) is 0.477. The zero-order chi connectivity index (χ0) is 20.8.